The third-order valence-electron chi connectivity index (χ3n) is 4.88. The van der Waals surface area contributed by atoms with E-state index in [9.17, 15) is 15.0 Å². The van der Waals surface area contributed by atoms with Crippen LogP contribution in [0, 0.1) is 0 Å². The predicted molar refractivity (Wildman–Crippen MR) is 123 cm³/mol. The SMILES string of the molecule is COc1cc(C(=O)OCCCCNC(C)C(O)c2ccc(O)cc2)cc(OC)c1OC.Cl. The maximum absolute atomic E-state index is 12.4. The van der Waals surface area contributed by atoms with Gasteiger partial charge in [-0.25, -0.2) is 4.79 Å². The molecule has 0 aliphatic carbocycles. The summed E-state index contributed by atoms with van der Waals surface area (Å²) in [5.74, 6) is 0.885. The fourth-order valence-electron chi connectivity index (χ4n) is 3.08. The number of ether oxygens (including phenoxy) is 4. The minimum Gasteiger partial charge on any atom is -0.508 e. The summed E-state index contributed by atoms with van der Waals surface area (Å²) in [6, 6.07) is 9.43. The van der Waals surface area contributed by atoms with Gasteiger partial charge in [-0.05, 0) is 56.1 Å². The van der Waals surface area contributed by atoms with Gasteiger partial charge in [-0.3, -0.25) is 0 Å². The van der Waals surface area contributed by atoms with Crippen LogP contribution in [0.4, 0.5) is 0 Å². The quantitative estimate of drug-likeness (QED) is 0.320. The average molecular weight is 470 g/mol. The summed E-state index contributed by atoms with van der Waals surface area (Å²) in [7, 11) is 4.47. The van der Waals surface area contributed by atoms with Crippen LogP contribution >= 0.6 is 12.4 Å². The van der Waals surface area contributed by atoms with Crippen LogP contribution in [0.15, 0.2) is 36.4 Å². The van der Waals surface area contributed by atoms with Gasteiger partial charge >= 0.3 is 5.97 Å². The molecule has 2 atom stereocenters. The van der Waals surface area contributed by atoms with Crippen LogP contribution in [0.1, 0.15) is 41.8 Å². The lowest BCUT2D eigenvalue weighted by Crippen LogP contribution is -2.33. The number of hydrogen-bond donors (Lipinski definition) is 3. The molecule has 0 aromatic heterocycles. The number of halogens is 1. The predicted octanol–water partition coefficient (Wildman–Crippen LogP) is 3.49. The van der Waals surface area contributed by atoms with Gasteiger partial charge in [0.15, 0.2) is 11.5 Å². The van der Waals surface area contributed by atoms with Crippen LogP contribution in [0.5, 0.6) is 23.0 Å². The molecule has 0 saturated heterocycles. The molecule has 0 heterocycles. The Balaban J connectivity index is 0.00000512. The first-order valence-electron chi connectivity index (χ1n) is 10.1. The zero-order valence-electron chi connectivity index (χ0n) is 18.8. The second-order valence-corrected chi connectivity index (χ2v) is 7.04. The van der Waals surface area contributed by atoms with Crippen molar-refractivity contribution in [1.29, 1.82) is 0 Å². The van der Waals surface area contributed by atoms with E-state index in [1.54, 1.807) is 36.4 Å². The van der Waals surface area contributed by atoms with E-state index in [-0.39, 0.29) is 30.8 Å². The van der Waals surface area contributed by atoms with Gasteiger partial charge in [-0.2, -0.15) is 0 Å². The Kier molecular flexibility index (Phi) is 11.7. The first kappa shape index (κ1) is 27.4. The second-order valence-electron chi connectivity index (χ2n) is 7.04. The van der Waals surface area contributed by atoms with Crippen molar-refractivity contribution in [3.05, 3.63) is 47.5 Å². The number of unbranched alkanes of at least 4 members (excludes halogenated alkanes) is 1. The van der Waals surface area contributed by atoms with E-state index >= 15 is 0 Å². The van der Waals surface area contributed by atoms with Gasteiger partial charge in [0.05, 0.1) is 39.6 Å². The Morgan fingerprint density at radius 2 is 1.59 bits per heavy atom. The summed E-state index contributed by atoms with van der Waals surface area (Å²) in [5, 5.41) is 23.0. The van der Waals surface area contributed by atoms with Gasteiger partial charge in [0, 0.05) is 6.04 Å². The Bertz CT molecular complexity index is 820. The molecule has 2 rings (SSSR count). The molecule has 0 radical (unpaired) electrons. The fraction of sp³-hybridized carbons (Fsp3) is 0.435. The van der Waals surface area contributed by atoms with Crippen molar-refractivity contribution in [2.45, 2.75) is 31.9 Å². The van der Waals surface area contributed by atoms with Gasteiger partial charge < -0.3 is 34.5 Å². The minimum absolute atomic E-state index is 0. The highest BCUT2D eigenvalue weighted by Gasteiger charge is 2.18. The number of carbonyl (C=O) groups is 1. The summed E-state index contributed by atoms with van der Waals surface area (Å²) >= 11 is 0. The number of nitrogens with one attached hydrogen (secondary N) is 1. The number of benzene rings is 2. The summed E-state index contributed by atoms with van der Waals surface area (Å²) in [5.41, 5.74) is 1.05. The Morgan fingerprint density at radius 3 is 2.12 bits per heavy atom. The average Bonchev–Trinajstić information content (AvgIpc) is 2.79. The highest BCUT2D eigenvalue weighted by atomic mass is 35.5. The minimum atomic E-state index is -0.682. The van der Waals surface area contributed by atoms with E-state index in [1.807, 2.05) is 6.92 Å². The number of aliphatic hydroxyl groups excluding tert-OH is 1. The maximum atomic E-state index is 12.4. The molecular formula is C23H32ClNO7. The monoisotopic (exact) mass is 469 g/mol. The van der Waals surface area contributed by atoms with Gasteiger partial charge in [-0.1, -0.05) is 12.1 Å². The summed E-state index contributed by atoms with van der Waals surface area (Å²) in [6.07, 6.45) is 0.763. The molecule has 8 nitrogen and oxygen atoms in total. The number of phenols is 1. The van der Waals surface area contributed by atoms with E-state index in [0.29, 0.717) is 35.8 Å². The van der Waals surface area contributed by atoms with Crippen molar-refractivity contribution in [2.75, 3.05) is 34.5 Å². The molecule has 2 unspecified atom stereocenters. The van der Waals surface area contributed by atoms with Crippen LogP contribution < -0.4 is 19.5 Å². The van der Waals surface area contributed by atoms with Gasteiger partial charge in [0.1, 0.15) is 5.75 Å². The number of aliphatic hydroxyl groups is 1. The third-order valence-corrected chi connectivity index (χ3v) is 4.88. The number of esters is 1. The number of phenolic OH excluding ortho intramolecular Hbond substituents is 1. The van der Waals surface area contributed by atoms with Gasteiger partial charge in [0.25, 0.3) is 0 Å². The van der Waals surface area contributed by atoms with Crippen LogP contribution in [0.3, 0.4) is 0 Å². The smallest absolute Gasteiger partial charge is 0.338 e. The van der Waals surface area contributed by atoms with Crippen molar-refractivity contribution in [3.8, 4) is 23.0 Å². The normalized spacial score (nSPS) is 12.3. The third kappa shape index (κ3) is 7.47. The van der Waals surface area contributed by atoms with E-state index in [4.69, 9.17) is 18.9 Å². The van der Waals surface area contributed by atoms with E-state index in [1.165, 1.54) is 21.3 Å². The lowest BCUT2D eigenvalue weighted by Gasteiger charge is -2.20. The number of carbonyl (C=O) groups excluding carboxylic acids is 1. The first-order valence-corrected chi connectivity index (χ1v) is 10.1. The second kappa shape index (κ2) is 13.7. The lowest BCUT2D eigenvalue weighted by atomic mass is 10.0. The van der Waals surface area contributed by atoms with E-state index < -0.39 is 12.1 Å². The molecule has 0 bridgehead atoms. The Morgan fingerprint density at radius 1 is 1.00 bits per heavy atom. The molecule has 2 aromatic rings. The van der Waals surface area contributed by atoms with E-state index in [2.05, 4.69) is 5.32 Å². The Hall–Kier alpha value is -2.68. The van der Waals surface area contributed by atoms with Crippen molar-refractivity contribution < 1.29 is 34.0 Å². The largest absolute Gasteiger partial charge is 0.508 e. The highest BCUT2D eigenvalue weighted by molar-refractivity contribution is 5.91. The number of hydrogen-bond acceptors (Lipinski definition) is 8. The topological polar surface area (TPSA) is 106 Å². The molecule has 0 aliphatic heterocycles. The molecule has 3 N–H and O–H groups in total. The van der Waals surface area contributed by atoms with Gasteiger partial charge in [-0.15, -0.1) is 12.4 Å². The molecule has 178 valence electrons. The maximum Gasteiger partial charge on any atom is 0.338 e. The lowest BCUT2D eigenvalue weighted by molar-refractivity contribution is 0.0496. The molecular weight excluding hydrogens is 438 g/mol. The summed E-state index contributed by atoms with van der Waals surface area (Å²) < 4.78 is 21.1. The molecule has 0 spiro atoms. The zero-order valence-corrected chi connectivity index (χ0v) is 19.6. The van der Waals surface area contributed by atoms with Crippen molar-refractivity contribution in [1.82, 2.24) is 5.32 Å². The molecule has 0 fully saturated rings. The molecule has 0 saturated carbocycles. The standard InChI is InChI=1S/C23H31NO7.ClH/c1-15(21(26)16-7-9-18(25)10-8-16)24-11-5-6-12-31-23(27)17-13-19(28-2)22(30-4)20(14-17)29-3;/h7-10,13-15,21,24-26H,5-6,11-12H2,1-4H3;1H. The molecule has 32 heavy (non-hydrogen) atoms. The molecule has 2 aromatic carbocycles. The molecule has 0 aliphatic rings. The molecule has 0 amide bonds. The number of methoxy groups -OCH3 is 3. The number of aromatic hydroxyl groups is 1. The fourth-order valence-corrected chi connectivity index (χ4v) is 3.08. The Labute approximate surface area is 194 Å². The summed E-state index contributed by atoms with van der Waals surface area (Å²) in [6.45, 7) is 2.83. The van der Waals surface area contributed by atoms with Crippen molar-refractivity contribution in [2.24, 2.45) is 0 Å². The van der Waals surface area contributed by atoms with Crippen LogP contribution in [-0.4, -0.2) is 56.7 Å². The van der Waals surface area contributed by atoms with E-state index in [0.717, 1.165) is 12.0 Å². The van der Waals surface area contributed by atoms with Crippen LogP contribution in [0.2, 0.25) is 0 Å². The number of rotatable bonds is 12. The van der Waals surface area contributed by atoms with Crippen molar-refractivity contribution >= 4 is 18.4 Å². The van der Waals surface area contributed by atoms with Crippen LogP contribution in [0.25, 0.3) is 0 Å². The first-order chi connectivity index (χ1) is 14.9. The zero-order chi connectivity index (χ0) is 22.8. The van der Waals surface area contributed by atoms with Crippen molar-refractivity contribution in [3.63, 3.8) is 0 Å². The molecule has 9 heteroatoms. The van der Waals surface area contributed by atoms with Gasteiger partial charge in [0.2, 0.25) is 5.75 Å². The highest BCUT2D eigenvalue weighted by Crippen LogP contribution is 2.38. The van der Waals surface area contributed by atoms with Crippen LogP contribution in [-0.2, 0) is 4.74 Å². The summed E-state index contributed by atoms with van der Waals surface area (Å²) in [4.78, 5) is 12.4.